The van der Waals surface area contributed by atoms with Crippen molar-refractivity contribution in [2.45, 2.75) is 32.4 Å². The van der Waals surface area contributed by atoms with E-state index in [1.54, 1.807) is 0 Å². The molecule has 3 rings (SSSR count). The van der Waals surface area contributed by atoms with Crippen molar-refractivity contribution in [2.24, 2.45) is 0 Å². The van der Waals surface area contributed by atoms with Gasteiger partial charge >= 0.3 is 0 Å². The predicted molar refractivity (Wildman–Crippen MR) is 71.8 cm³/mol. The van der Waals surface area contributed by atoms with Gasteiger partial charge in [0.05, 0.1) is 6.54 Å². The van der Waals surface area contributed by atoms with Crippen molar-refractivity contribution in [2.75, 3.05) is 0 Å². The van der Waals surface area contributed by atoms with Crippen molar-refractivity contribution in [3.05, 3.63) is 29.7 Å². The Bertz CT molecular complexity index is 677. The minimum atomic E-state index is -0.436. The van der Waals surface area contributed by atoms with Gasteiger partial charge in [0.1, 0.15) is 11.6 Å². The quantitative estimate of drug-likeness (QED) is 0.874. The minimum Gasteiger partial charge on any atom is -0.439 e. The molecule has 6 heteroatoms. The molecule has 0 radical (unpaired) electrons. The fourth-order valence-corrected chi connectivity index (χ4v) is 2.30. The lowest BCUT2D eigenvalue weighted by molar-refractivity contribution is -0.125. The fraction of sp³-hybridized carbons (Fsp3) is 0.357. The molecule has 1 atom stereocenters. The van der Waals surface area contributed by atoms with Crippen LogP contribution in [0.2, 0.25) is 0 Å². The van der Waals surface area contributed by atoms with Crippen LogP contribution in [0.25, 0.3) is 11.1 Å². The zero-order chi connectivity index (χ0) is 14.1. The van der Waals surface area contributed by atoms with E-state index >= 15 is 0 Å². The number of hydrogen-bond donors (Lipinski definition) is 2. The molecular formula is C14H15N3O3. The third kappa shape index (κ3) is 2.36. The van der Waals surface area contributed by atoms with Gasteiger partial charge in [-0.3, -0.25) is 9.59 Å². The third-order valence-electron chi connectivity index (χ3n) is 3.39. The summed E-state index contributed by atoms with van der Waals surface area (Å²) in [6, 6.07) is 5.27. The molecule has 2 N–H and O–H groups in total. The van der Waals surface area contributed by atoms with Gasteiger partial charge in [-0.1, -0.05) is 12.1 Å². The Kier molecular flexibility index (Phi) is 3.14. The summed E-state index contributed by atoms with van der Waals surface area (Å²) in [5, 5.41) is 5.36. The van der Waals surface area contributed by atoms with E-state index in [2.05, 4.69) is 15.6 Å². The van der Waals surface area contributed by atoms with E-state index < -0.39 is 6.04 Å². The van der Waals surface area contributed by atoms with Gasteiger partial charge in [-0.25, -0.2) is 4.98 Å². The van der Waals surface area contributed by atoms with Crippen molar-refractivity contribution >= 4 is 22.9 Å². The summed E-state index contributed by atoms with van der Waals surface area (Å²) in [5.74, 6) is 0.185. The number of aromatic nitrogens is 1. The van der Waals surface area contributed by atoms with Crippen molar-refractivity contribution in [3.8, 4) is 0 Å². The highest BCUT2D eigenvalue weighted by molar-refractivity contribution is 5.90. The van der Waals surface area contributed by atoms with Gasteiger partial charge in [0.25, 0.3) is 0 Å². The highest BCUT2D eigenvalue weighted by Gasteiger charge is 2.27. The van der Waals surface area contributed by atoms with Gasteiger partial charge in [-0.2, -0.15) is 0 Å². The second kappa shape index (κ2) is 4.96. The number of nitrogens with one attached hydrogen (secondary N) is 2. The number of fused-ring (bicyclic) bond motifs is 1. The molecule has 0 bridgehead atoms. The van der Waals surface area contributed by atoms with E-state index in [-0.39, 0.29) is 18.4 Å². The van der Waals surface area contributed by atoms with Crippen molar-refractivity contribution < 1.29 is 14.0 Å². The number of benzene rings is 1. The molecule has 0 saturated carbocycles. The summed E-state index contributed by atoms with van der Waals surface area (Å²) in [4.78, 5) is 27.3. The Hall–Kier alpha value is -2.37. The van der Waals surface area contributed by atoms with Gasteiger partial charge in [0.2, 0.25) is 17.7 Å². The number of aryl methyl sites for hydroxylation is 1. The third-order valence-corrected chi connectivity index (χ3v) is 3.39. The summed E-state index contributed by atoms with van der Waals surface area (Å²) in [6.45, 7) is 2.18. The first-order valence-electron chi connectivity index (χ1n) is 6.55. The zero-order valence-electron chi connectivity index (χ0n) is 11.1. The van der Waals surface area contributed by atoms with Gasteiger partial charge < -0.3 is 15.1 Å². The molecular weight excluding hydrogens is 258 g/mol. The first-order chi connectivity index (χ1) is 9.63. The number of rotatable bonds is 3. The van der Waals surface area contributed by atoms with E-state index in [1.165, 1.54) is 0 Å². The molecule has 0 aliphatic carbocycles. The Morgan fingerprint density at radius 3 is 3.10 bits per heavy atom. The normalized spacial score (nSPS) is 18.2. The maximum atomic E-state index is 11.9. The average molecular weight is 273 g/mol. The van der Waals surface area contributed by atoms with E-state index in [1.807, 2.05) is 25.1 Å². The number of carbonyl (C=O) groups excluding carboxylic acids is 2. The molecule has 104 valence electrons. The van der Waals surface area contributed by atoms with Gasteiger partial charge in [-0.15, -0.1) is 0 Å². The minimum absolute atomic E-state index is 0.0809. The molecule has 0 unspecified atom stereocenters. The predicted octanol–water partition coefficient (Wildman–Crippen LogP) is 1.03. The zero-order valence-corrected chi connectivity index (χ0v) is 11.1. The Balaban J connectivity index is 1.66. The largest absolute Gasteiger partial charge is 0.439 e. The molecule has 2 aromatic rings. The summed E-state index contributed by atoms with van der Waals surface area (Å²) >= 11 is 0. The lowest BCUT2D eigenvalue weighted by atomic mass is 10.2. The van der Waals surface area contributed by atoms with Gasteiger partial charge in [0, 0.05) is 6.42 Å². The van der Waals surface area contributed by atoms with E-state index in [9.17, 15) is 9.59 Å². The van der Waals surface area contributed by atoms with E-state index in [0.29, 0.717) is 24.3 Å². The van der Waals surface area contributed by atoms with Crippen LogP contribution >= 0.6 is 0 Å². The second-order valence-electron chi connectivity index (χ2n) is 4.91. The molecule has 1 aliphatic rings. The van der Waals surface area contributed by atoms with Gasteiger partial charge in [0.15, 0.2) is 5.58 Å². The molecule has 1 saturated heterocycles. The van der Waals surface area contributed by atoms with Crippen LogP contribution in [0.15, 0.2) is 22.6 Å². The van der Waals surface area contributed by atoms with Crippen LogP contribution in [0, 0.1) is 6.92 Å². The Morgan fingerprint density at radius 2 is 2.40 bits per heavy atom. The number of hydrogen-bond acceptors (Lipinski definition) is 4. The van der Waals surface area contributed by atoms with Crippen molar-refractivity contribution in [1.29, 1.82) is 0 Å². The molecule has 1 aromatic heterocycles. The number of carbonyl (C=O) groups is 2. The number of amides is 2. The van der Waals surface area contributed by atoms with Crippen LogP contribution in [-0.4, -0.2) is 22.8 Å². The number of oxazole rings is 1. The molecule has 2 amide bonds. The van der Waals surface area contributed by atoms with Crippen LogP contribution in [0.4, 0.5) is 0 Å². The molecule has 0 spiro atoms. The average Bonchev–Trinajstić information content (AvgIpc) is 3.03. The SMILES string of the molecule is Cc1cccc2oc(CNC(=O)[C@@H]3CCC(=O)N3)nc12. The fourth-order valence-electron chi connectivity index (χ4n) is 2.30. The standard InChI is InChI=1S/C14H15N3O3/c1-8-3-2-4-10-13(8)17-12(20-10)7-15-14(19)9-5-6-11(18)16-9/h2-4,9H,5-7H2,1H3,(H,15,19)(H,16,18)/t9-/m0/s1. The summed E-state index contributed by atoms with van der Waals surface area (Å²) < 4.78 is 5.57. The van der Waals surface area contributed by atoms with Crippen LogP contribution in [-0.2, 0) is 16.1 Å². The van der Waals surface area contributed by atoms with Crippen LogP contribution in [0.3, 0.4) is 0 Å². The van der Waals surface area contributed by atoms with E-state index in [0.717, 1.165) is 11.1 Å². The molecule has 20 heavy (non-hydrogen) atoms. The lowest BCUT2D eigenvalue weighted by Crippen LogP contribution is -2.41. The summed E-state index contributed by atoms with van der Waals surface area (Å²) in [7, 11) is 0. The molecule has 1 aromatic carbocycles. The number of nitrogens with zero attached hydrogens (tertiary/aromatic N) is 1. The topological polar surface area (TPSA) is 84.2 Å². The van der Waals surface area contributed by atoms with Gasteiger partial charge in [-0.05, 0) is 25.0 Å². The first-order valence-corrected chi connectivity index (χ1v) is 6.55. The van der Waals surface area contributed by atoms with Crippen LogP contribution in [0.1, 0.15) is 24.3 Å². The van der Waals surface area contributed by atoms with Crippen LogP contribution < -0.4 is 10.6 Å². The highest BCUT2D eigenvalue weighted by Crippen LogP contribution is 2.18. The number of para-hydroxylation sites is 1. The molecule has 6 nitrogen and oxygen atoms in total. The van der Waals surface area contributed by atoms with Crippen molar-refractivity contribution in [1.82, 2.24) is 15.6 Å². The monoisotopic (exact) mass is 273 g/mol. The van der Waals surface area contributed by atoms with Crippen LogP contribution in [0.5, 0.6) is 0 Å². The smallest absolute Gasteiger partial charge is 0.243 e. The Labute approximate surface area is 115 Å². The Morgan fingerprint density at radius 1 is 1.55 bits per heavy atom. The lowest BCUT2D eigenvalue weighted by Gasteiger charge is -2.08. The summed E-state index contributed by atoms with van der Waals surface area (Å²) in [6.07, 6.45) is 0.942. The maximum Gasteiger partial charge on any atom is 0.243 e. The highest BCUT2D eigenvalue weighted by atomic mass is 16.3. The van der Waals surface area contributed by atoms with Crippen molar-refractivity contribution in [3.63, 3.8) is 0 Å². The maximum absolute atomic E-state index is 11.9. The molecule has 1 fully saturated rings. The van der Waals surface area contributed by atoms with E-state index in [4.69, 9.17) is 4.42 Å². The molecule has 1 aliphatic heterocycles. The molecule has 2 heterocycles. The second-order valence-corrected chi connectivity index (χ2v) is 4.91. The first kappa shape index (κ1) is 12.7. The summed E-state index contributed by atoms with van der Waals surface area (Å²) in [5.41, 5.74) is 2.56.